The third kappa shape index (κ3) is 1.78. The Kier molecular flexibility index (Phi) is 1.96. The predicted octanol–water partition coefficient (Wildman–Crippen LogP) is 0.827. The lowest BCUT2D eigenvalue weighted by molar-refractivity contribution is -0.142. The van der Waals surface area contributed by atoms with Crippen LogP contribution in [0, 0.1) is 5.92 Å². The van der Waals surface area contributed by atoms with Crippen LogP contribution in [0.4, 0.5) is 4.79 Å². The van der Waals surface area contributed by atoms with Gasteiger partial charge in [-0.3, -0.25) is 0 Å². The summed E-state index contributed by atoms with van der Waals surface area (Å²) in [6.07, 6.45) is 0.120. The Morgan fingerprint density at radius 1 is 1.60 bits per heavy atom. The standard InChI is InChI=1S/C10H15NO4/c1-9(2,3)15-8(13)11-10-4-6(10)5-14-7(10)12/h6H,4-5H2,1-3H3,(H,11,13)/t6-,10-/m0/s1. The molecule has 0 spiro atoms. The fourth-order valence-corrected chi connectivity index (χ4v) is 1.78. The lowest BCUT2D eigenvalue weighted by atomic mass is 10.2. The Bertz CT molecular complexity index is 320. The molecule has 0 radical (unpaired) electrons. The van der Waals surface area contributed by atoms with Gasteiger partial charge in [0.1, 0.15) is 11.1 Å². The van der Waals surface area contributed by atoms with Crippen molar-refractivity contribution < 1.29 is 19.1 Å². The van der Waals surface area contributed by atoms with E-state index in [1.165, 1.54) is 0 Å². The topological polar surface area (TPSA) is 64.6 Å². The highest BCUT2D eigenvalue weighted by molar-refractivity contribution is 5.91. The Hall–Kier alpha value is -1.26. The number of carbonyl (C=O) groups excluding carboxylic acids is 2. The molecule has 1 N–H and O–H groups in total. The van der Waals surface area contributed by atoms with Crippen molar-refractivity contribution in [1.82, 2.24) is 5.32 Å². The van der Waals surface area contributed by atoms with Crippen LogP contribution in [0.25, 0.3) is 0 Å². The van der Waals surface area contributed by atoms with Gasteiger partial charge in [0.05, 0.1) is 6.61 Å². The van der Waals surface area contributed by atoms with Gasteiger partial charge in [-0.1, -0.05) is 0 Å². The van der Waals surface area contributed by atoms with E-state index in [0.717, 1.165) is 0 Å². The quantitative estimate of drug-likeness (QED) is 0.655. The molecule has 5 nitrogen and oxygen atoms in total. The number of esters is 1. The molecule has 15 heavy (non-hydrogen) atoms. The van der Waals surface area contributed by atoms with Crippen LogP contribution in [-0.4, -0.2) is 29.8 Å². The molecule has 0 aromatic carbocycles. The molecular weight excluding hydrogens is 198 g/mol. The molecule has 1 aliphatic carbocycles. The first kappa shape index (κ1) is 10.3. The lowest BCUT2D eigenvalue weighted by Crippen LogP contribution is -2.45. The molecule has 1 saturated carbocycles. The Balaban J connectivity index is 1.93. The number of alkyl carbamates (subject to hydrolysis) is 1. The molecule has 84 valence electrons. The summed E-state index contributed by atoms with van der Waals surface area (Å²) in [7, 11) is 0. The maximum absolute atomic E-state index is 11.5. The van der Waals surface area contributed by atoms with Crippen molar-refractivity contribution >= 4 is 12.1 Å². The van der Waals surface area contributed by atoms with Crippen LogP contribution >= 0.6 is 0 Å². The number of fused-ring (bicyclic) bond motifs is 1. The smallest absolute Gasteiger partial charge is 0.408 e. The first-order chi connectivity index (χ1) is 6.83. The van der Waals surface area contributed by atoms with E-state index in [1.807, 2.05) is 0 Å². The molecule has 0 aromatic rings. The maximum atomic E-state index is 11.5. The zero-order valence-corrected chi connectivity index (χ0v) is 9.12. The third-order valence-corrected chi connectivity index (χ3v) is 2.61. The predicted molar refractivity (Wildman–Crippen MR) is 51.2 cm³/mol. The molecule has 1 aliphatic heterocycles. The SMILES string of the molecule is CC(C)(C)OC(=O)N[C@@]12C[C@H]1COC2=O. The zero-order valence-electron chi connectivity index (χ0n) is 9.12. The Labute approximate surface area is 88.1 Å². The lowest BCUT2D eigenvalue weighted by Gasteiger charge is -2.21. The van der Waals surface area contributed by atoms with Crippen LogP contribution in [0.5, 0.6) is 0 Å². The van der Waals surface area contributed by atoms with Crippen molar-refractivity contribution in [1.29, 1.82) is 0 Å². The summed E-state index contributed by atoms with van der Waals surface area (Å²) in [4.78, 5) is 22.8. The van der Waals surface area contributed by atoms with E-state index in [9.17, 15) is 9.59 Å². The van der Waals surface area contributed by atoms with E-state index in [1.54, 1.807) is 20.8 Å². The molecule has 5 heteroatoms. The highest BCUT2D eigenvalue weighted by Crippen LogP contribution is 2.49. The van der Waals surface area contributed by atoms with E-state index in [-0.39, 0.29) is 11.9 Å². The normalized spacial score (nSPS) is 33.0. The molecule has 2 aliphatic rings. The fraction of sp³-hybridized carbons (Fsp3) is 0.800. The van der Waals surface area contributed by atoms with Crippen LogP contribution in [0.1, 0.15) is 27.2 Å². The molecule has 0 aromatic heterocycles. The van der Waals surface area contributed by atoms with Crippen molar-refractivity contribution in [2.45, 2.75) is 38.3 Å². The summed E-state index contributed by atoms with van der Waals surface area (Å²) in [5.74, 6) is -0.198. The molecule has 0 unspecified atom stereocenters. The number of nitrogens with one attached hydrogen (secondary N) is 1. The number of amides is 1. The van der Waals surface area contributed by atoms with E-state index < -0.39 is 17.2 Å². The minimum Gasteiger partial charge on any atom is -0.464 e. The van der Waals surface area contributed by atoms with E-state index in [2.05, 4.69) is 5.32 Å². The third-order valence-electron chi connectivity index (χ3n) is 2.61. The Morgan fingerprint density at radius 2 is 2.27 bits per heavy atom. The average Bonchev–Trinajstić information content (AvgIpc) is 2.64. The van der Waals surface area contributed by atoms with Gasteiger partial charge in [0.2, 0.25) is 0 Å². The molecule has 2 rings (SSSR count). The van der Waals surface area contributed by atoms with E-state index in [0.29, 0.717) is 13.0 Å². The minimum atomic E-state index is -0.775. The molecule has 1 saturated heterocycles. The summed E-state index contributed by atoms with van der Waals surface area (Å²) in [6.45, 7) is 5.75. The van der Waals surface area contributed by atoms with Gasteiger partial charge < -0.3 is 14.8 Å². The molecule has 1 heterocycles. The van der Waals surface area contributed by atoms with Crippen molar-refractivity contribution in [2.24, 2.45) is 5.92 Å². The Morgan fingerprint density at radius 3 is 2.67 bits per heavy atom. The molecule has 2 atom stereocenters. The van der Waals surface area contributed by atoms with Crippen molar-refractivity contribution in [2.75, 3.05) is 6.61 Å². The van der Waals surface area contributed by atoms with Gasteiger partial charge in [0, 0.05) is 5.92 Å². The molecule has 0 bridgehead atoms. The van der Waals surface area contributed by atoms with Crippen LogP contribution in [0.3, 0.4) is 0 Å². The minimum absolute atomic E-state index is 0.137. The first-order valence-electron chi connectivity index (χ1n) is 5.02. The van der Waals surface area contributed by atoms with Crippen LogP contribution < -0.4 is 5.32 Å². The highest BCUT2D eigenvalue weighted by Gasteiger charge is 2.67. The van der Waals surface area contributed by atoms with Crippen LogP contribution in [-0.2, 0) is 14.3 Å². The van der Waals surface area contributed by atoms with Gasteiger partial charge in [0.15, 0.2) is 0 Å². The summed E-state index contributed by atoms with van der Waals surface area (Å²) >= 11 is 0. The number of hydrogen-bond donors (Lipinski definition) is 1. The van der Waals surface area contributed by atoms with Gasteiger partial charge in [-0.05, 0) is 27.2 Å². The number of rotatable bonds is 1. The van der Waals surface area contributed by atoms with Gasteiger partial charge in [-0.25, -0.2) is 9.59 Å². The highest BCUT2D eigenvalue weighted by atomic mass is 16.6. The van der Waals surface area contributed by atoms with Crippen LogP contribution in [0.2, 0.25) is 0 Å². The van der Waals surface area contributed by atoms with E-state index >= 15 is 0 Å². The monoisotopic (exact) mass is 213 g/mol. The number of hydrogen-bond acceptors (Lipinski definition) is 4. The molecular formula is C10H15NO4. The molecule has 1 amide bonds. The van der Waals surface area contributed by atoms with Crippen molar-refractivity contribution in [3.8, 4) is 0 Å². The average molecular weight is 213 g/mol. The fourth-order valence-electron chi connectivity index (χ4n) is 1.78. The summed E-state index contributed by atoms with van der Waals surface area (Å²) in [6, 6.07) is 0. The van der Waals surface area contributed by atoms with Crippen molar-refractivity contribution in [3.63, 3.8) is 0 Å². The first-order valence-corrected chi connectivity index (χ1v) is 5.02. The van der Waals surface area contributed by atoms with Gasteiger partial charge in [0.25, 0.3) is 0 Å². The largest absolute Gasteiger partial charge is 0.464 e. The molecule has 2 fully saturated rings. The number of cyclic esters (lactones) is 1. The zero-order chi connectivity index (χ0) is 11.3. The van der Waals surface area contributed by atoms with Crippen molar-refractivity contribution in [3.05, 3.63) is 0 Å². The maximum Gasteiger partial charge on any atom is 0.408 e. The number of ether oxygens (including phenoxy) is 2. The second-order valence-electron chi connectivity index (χ2n) is 5.10. The van der Waals surface area contributed by atoms with Gasteiger partial charge >= 0.3 is 12.1 Å². The summed E-state index contributed by atoms with van der Waals surface area (Å²) < 4.78 is 9.92. The second kappa shape index (κ2) is 2.87. The second-order valence-corrected chi connectivity index (χ2v) is 5.10. The number of carbonyl (C=O) groups is 2. The summed E-state index contributed by atoms with van der Waals surface area (Å²) in [5.41, 5.74) is -1.32. The summed E-state index contributed by atoms with van der Waals surface area (Å²) in [5, 5.41) is 2.60. The van der Waals surface area contributed by atoms with Crippen LogP contribution in [0.15, 0.2) is 0 Å². The van der Waals surface area contributed by atoms with Gasteiger partial charge in [-0.15, -0.1) is 0 Å². The van der Waals surface area contributed by atoms with Gasteiger partial charge in [-0.2, -0.15) is 0 Å². The van der Waals surface area contributed by atoms with E-state index in [4.69, 9.17) is 9.47 Å².